The standard InChI is InChI=1S/C10H5BrF3N/c11-8-4-5-15-9-6(8)2-1-3-7(9)10(12,13)14/h1-5H. The summed E-state index contributed by atoms with van der Waals surface area (Å²) in [7, 11) is 0. The van der Waals surface area contributed by atoms with Gasteiger partial charge in [-0.2, -0.15) is 13.2 Å². The first-order chi connectivity index (χ1) is 7.00. The number of halogens is 4. The summed E-state index contributed by atoms with van der Waals surface area (Å²) in [5.74, 6) is 0. The maximum absolute atomic E-state index is 12.6. The zero-order valence-electron chi connectivity index (χ0n) is 7.35. The van der Waals surface area contributed by atoms with E-state index in [0.29, 0.717) is 9.86 Å². The molecule has 78 valence electrons. The van der Waals surface area contributed by atoms with Crippen molar-refractivity contribution >= 4 is 26.8 Å². The molecule has 0 unspecified atom stereocenters. The molecule has 1 nitrogen and oxygen atoms in total. The second-order valence-electron chi connectivity index (χ2n) is 2.99. The second-order valence-corrected chi connectivity index (χ2v) is 3.85. The Morgan fingerprint density at radius 1 is 1.13 bits per heavy atom. The number of alkyl halides is 3. The topological polar surface area (TPSA) is 12.9 Å². The molecule has 0 N–H and O–H groups in total. The molecule has 0 aliphatic carbocycles. The highest BCUT2D eigenvalue weighted by Crippen LogP contribution is 2.35. The van der Waals surface area contributed by atoms with Crippen LogP contribution in [0.2, 0.25) is 0 Å². The molecule has 1 aromatic carbocycles. The molecule has 15 heavy (non-hydrogen) atoms. The van der Waals surface area contributed by atoms with E-state index in [4.69, 9.17) is 0 Å². The first-order valence-corrected chi connectivity index (χ1v) is 4.90. The van der Waals surface area contributed by atoms with Crippen molar-refractivity contribution in [3.8, 4) is 0 Å². The van der Waals surface area contributed by atoms with Crippen LogP contribution in [-0.2, 0) is 6.18 Å². The fourth-order valence-corrected chi connectivity index (χ4v) is 1.81. The van der Waals surface area contributed by atoms with Gasteiger partial charge in [-0.3, -0.25) is 4.98 Å². The van der Waals surface area contributed by atoms with E-state index in [1.54, 1.807) is 12.1 Å². The van der Waals surface area contributed by atoms with Crippen LogP contribution in [0.15, 0.2) is 34.9 Å². The van der Waals surface area contributed by atoms with Crippen molar-refractivity contribution in [1.82, 2.24) is 4.98 Å². The number of hydrogen-bond acceptors (Lipinski definition) is 1. The maximum Gasteiger partial charge on any atom is 0.418 e. The lowest BCUT2D eigenvalue weighted by Crippen LogP contribution is -2.06. The summed E-state index contributed by atoms with van der Waals surface area (Å²) in [6.45, 7) is 0. The maximum atomic E-state index is 12.6. The molecule has 0 amide bonds. The molecule has 0 aliphatic heterocycles. The summed E-state index contributed by atoms with van der Waals surface area (Å²) in [6.07, 6.45) is -3.02. The summed E-state index contributed by atoms with van der Waals surface area (Å²) in [5, 5.41) is 0.465. The smallest absolute Gasteiger partial charge is 0.256 e. The van der Waals surface area contributed by atoms with E-state index >= 15 is 0 Å². The van der Waals surface area contributed by atoms with Crippen molar-refractivity contribution in [3.63, 3.8) is 0 Å². The highest BCUT2D eigenvalue weighted by molar-refractivity contribution is 9.10. The van der Waals surface area contributed by atoms with E-state index in [1.165, 1.54) is 12.3 Å². The van der Waals surface area contributed by atoms with E-state index in [0.717, 1.165) is 6.07 Å². The summed E-state index contributed by atoms with van der Waals surface area (Å²) in [4.78, 5) is 3.76. The Labute approximate surface area is 92.1 Å². The predicted octanol–water partition coefficient (Wildman–Crippen LogP) is 4.02. The summed E-state index contributed by atoms with van der Waals surface area (Å²) in [6, 6.07) is 5.61. The molecule has 0 fully saturated rings. The van der Waals surface area contributed by atoms with Gasteiger partial charge in [0.15, 0.2) is 0 Å². The Kier molecular flexibility index (Phi) is 2.42. The molecule has 0 atom stereocenters. The van der Waals surface area contributed by atoms with Gasteiger partial charge in [-0.1, -0.05) is 28.1 Å². The van der Waals surface area contributed by atoms with Gasteiger partial charge in [0, 0.05) is 16.1 Å². The van der Waals surface area contributed by atoms with Crippen LogP contribution < -0.4 is 0 Å². The average molecular weight is 276 g/mol. The number of fused-ring (bicyclic) bond motifs is 1. The molecule has 0 aliphatic rings. The molecular formula is C10H5BrF3N. The van der Waals surface area contributed by atoms with Gasteiger partial charge in [0.25, 0.3) is 0 Å². The van der Waals surface area contributed by atoms with Crippen LogP contribution in [0.4, 0.5) is 13.2 Å². The molecule has 2 aromatic rings. The third-order valence-corrected chi connectivity index (χ3v) is 2.71. The van der Waals surface area contributed by atoms with Gasteiger partial charge < -0.3 is 0 Å². The quantitative estimate of drug-likeness (QED) is 0.708. The van der Waals surface area contributed by atoms with Crippen LogP contribution in [0.1, 0.15) is 5.56 Å². The van der Waals surface area contributed by atoms with E-state index in [9.17, 15) is 13.2 Å². The zero-order chi connectivity index (χ0) is 11.1. The lowest BCUT2D eigenvalue weighted by atomic mass is 10.1. The van der Waals surface area contributed by atoms with Crippen molar-refractivity contribution in [2.75, 3.05) is 0 Å². The van der Waals surface area contributed by atoms with Gasteiger partial charge in [-0.25, -0.2) is 0 Å². The van der Waals surface area contributed by atoms with Gasteiger partial charge in [0.05, 0.1) is 11.1 Å². The molecule has 1 aromatic heterocycles. The van der Waals surface area contributed by atoms with Gasteiger partial charge in [0.1, 0.15) is 0 Å². The normalized spacial score (nSPS) is 12.0. The highest BCUT2D eigenvalue weighted by atomic mass is 79.9. The third kappa shape index (κ3) is 1.84. The molecule has 0 saturated carbocycles. The van der Waals surface area contributed by atoms with Crippen molar-refractivity contribution in [3.05, 3.63) is 40.5 Å². The minimum Gasteiger partial charge on any atom is -0.256 e. The minimum absolute atomic E-state index is 0.0284. The van der Waals surface area contributed by atoms with Gasteiger partial charge >= 0.3 is 6.18 Å². The number of pyridine rings is 1. The molecule has 0 saturated heterocycles. The van der Waals surface area contributed by atoms with Crippen LogP contribution in [0.5, 0.6) is 0 Å². The average Bonchev–Trinajstić information content (AvgIpc) is 2.16. The lowest BCUT2D eigenvalue weighted by molar-refractivity contribution is -0.136. The summed E-state index contributed by atoms with van der Waals surface area (Å²) in [5.41, 5.74) is -0.735. The number of hydrogen-bond donors (Lipinski definition) is 0. The molecule has 1 heterocycles. The van der Waals surface area contributed by atoms with Gasteiger partial charge in [0.2, 0.25) is 0 Å². The Hall–Kier alpha value is -1.10. The Balaban J connectivity index is 2.83. The molecule has 0 radical (unpaired) electrons. The Morgan fingerprint density at radius 3 is 2.53 bits per heavy atom. The number of benzene rings is 1. The van der Waals surface area contributed by atoms with Crippen LogP contribution in [0.3, 0.4) is 0 Å². The summed E-state index contributed by atoms with van der Waals surface area (Å²) >= 11 is 3.19. The van der Waals surface area contributed by atoms with Crippen LogP contribution in [0.25, 0.3) is 10.9 Å². The largest absolute Gasteiger partial charge is 0.418 e. The van der Waals surface area contributed by atoms with Gasteiger partial charge in [-0.15, -0.1) is 0 Å². The van der Waals surface area contributed by atoms with E-state index in [1.807, 2.05) is 0 Å². The van der Waals surface area contributed by atoms with E-state index in [2.05, 4.69) is 20.9 Å². The number of rotatable bonds is 0. The second kappa shape index (κ2) is 3.48. The minimum atomic E-state index is -4.37. The van der Waals surface area contributed by atoms with E-state index in [-0.39, 0.29) is 5.52 Å². The van der Waals surface area contributed by atoms with Crippen LogP contribution in [-0.4, -0.2) is 4.98 Å². The Bertz CT molecular complexity index is 507. The third-order valence-electron chi connectivity index (χ3n) is 2.02. The van der Waals surface area contributed by atoms with Crippen LogP contribution >= 0.6 is 15.9 Å². The lowest BCUT2D eigenvalue weighted by Gasteiger charge is -2.09. The van der Waals surface area contributed by atoms with Crippen molar-refractivity contribution < 1.29 is 13.2 Å². The Morgan fingerprint density at radius 2 is 1.87 bits per heavy atom. The fraction of sp³-hybridized carbons (Fsp3) is 0.100. The van der Waals surface area contributed by atoms with E-state index < -0.39 is 11.7 Å². The number of nitrogens with zero attached hydrogens (tertiary/aromatic N) is 1. The van der Waals surface area contributed by atoms with Crippen molar-refractivity contribution in [2.45, 2.75) is 6.18 Å². The number of aromatic nitrogens is 1. The van der Waals surface area contributed by atoms with Crippen molar-refractivity contribution in [2.24, 2.45) is 0 Å². The SMILES string of the molecule is FC(F)(F)c1cccc2c(Br)ccnc12. The molecule has 2 rings (SSSR count). The highest BCUT2D eigenvalue weighted by Gasteiger charge is 2.33. The first kappa shape index (κ1) is 10.4. The fourth-order valence-electron chi connectivity index (χ4n) is 1.37. The zero-order valence-corrected chi connectivity index (χ0v) is 8.93. The summed E-state index contributed by atoms with van der Waals surface area (Å²) < 4.78 is 38.4. The molecule has 5 heteroatoms. The molecular weight excluding hydrogens is 271 g/mol. The first-order valence-electron chi connectivity index (χ1n) is 4.10. The van der Waals surface area contributed by atoms with Crippen LogP contribution in [0, 0.1) is 0 Å². The van der Waals surface area contributed by atoms with Crippen molar-refractivity contribution in [1.29, 1.82) is 0 Å². The van der Waals surface area contributed by atoms with Gasteiger partial charge in [-0.05, 0) is 12.1 Å². The molecule has 0 bridgehead atoms. The predicted molar refractivity (Wildman–Crippen MR) is 54.4 cm³/mol. The molecule has 0 spiro atoms. The monoisotopic (exact) mass is 275 g/mol. The number of para-hydroxylation sites is 1.